The zero-order valence-corrected chi connectivity index (χ0v) is 6.36. The van der Waals surface area contributed by atoms with Crippen LogP contribution in [-0.2, 0) is 4.79 Å². The Hall–Kier alpha value is -0.220. The molecule has 9 heavy (non-hydrogen) atoms. The second-order valence-corrected chi connectivity index (χ2v) is 3.19. The maximum absolute atomic E-state index is 10.5. The van der Waals surface area contributed by atoms with E-state index in [9.17, 15) is 4.79 Å². The smallest absolute Gasteiger partial charge is 0.256 e. The number of carbonyl (C=O) groups excluding carboxylic acids is 1. The first-order chi connectivity index (χ1) is 4.22. The SMILES string of the molecule is CCSC(C)C(=O)NO. The fraction of sp³-hybridized carbons (Fsp3) is 0.800. The lowest BCUT2D eigenvalue weighted by Crippen LogP contribution is -2.27. The third kappa shape index (κ3) is 3.37. The van der Waals surface area contributed by atoms with Crippen LogP contribution in [0.25, 0.3) is 0 Å². The van der Waals surface area contributed by atoms with Crippen LogP contribution in [-0.4, -0.2) is 22.1 Å². The van der Waals surface area contributed by atoms with Crippen LogP contribution >= 0.6 is 11.8 Å². The van der Waals surface area contributed by atoms with Gasteiger partial charge in [-0.05, 0) is 12.7 Å². The van der Waals surface area contributed by atoms with E-state index in [0.29, 0.717) is 0 Å². The molecule has 0 aliphatic rings. The molecule has 0 spiro atoms. The van der Waals surface area contributed by atoms with Crippen molar-refractivity contribution in [2.24, 2.45) is 0 Å². The number of hydroxylamine groups is 1. The molecule has 0 radical (unpaired) electrons. The molecule has 2 N–H and O–H groups in total. The third-order valence-electron chi connectivity index (χ3n) is 0.896. The summed E-state index contributed by atoms with van der Waals surface area (Å²) in [4.78, 5) is 10.5. The van der Waals surface area contributed by atoms with Crippen LogP contribution in [0.4, 0.5) is 0 Å². The summed E-state index contributed by atoms with van der Waals surface area (Å²) in [6, 6.07) is 0. The van der Waals surface area contributed by atoms with E-state index < -0.39 is 0 Å². The molecule has 3 nitrogen and oxygen atoms in total. The van der Waals surface area contributed by atoms with Gasteiger partial charge in [0.15, 0.2) is 0 Å². The van der Waals surface area contributed by atoms with Crippen molar-refractivity contribution in [3.63, 3.8) is 0 Å². The molecule has 0 aliphatic heterocycles. The quantitative estimate of drug-likeness (QED) is 0.457. The van der Waals surface area contributed by atoms with Crippen molar-refractivity contribution < 1.29 is 10.0 Å². The molecule has 4 heteroatoms. The maximum atomic E-state index is 10.5. The molecule has 54 valence electrons. The zero-order chi connectivity index (χ0) is 7.28. The molecule has 0 fully saturated rings. The molecule has 1 amide bonds. The van der Waals surface area contributed by atoms with Gasteiger partial charge in [0.2, 0.25) is 0 Å². The predicted octanol–water partition coefficient (Wildman–Crippen LogP) is 0.633. The number of hydrogen-bond acceptors (Lipinski definition) is 3. The van der Waals surface area contributed by atoms with Gasteiger partial charge in [0.05, 0.1) is 5.25 Å². The number of hydrogen-bond donors (Lipinski definition) is 2. The summed E-state index contributed by atoms with van der Waals surface area (Å²) in [6.45, 7) is 3.71. The van der Waals surface area contributed by atoms with Gasteiger partial charge in [0.25, 0.3) is 5.91 Å². The second-order valence-electron chi connectivity index (χ2n) is 1.57. The topological polar surface area (TPSA) is 49.3 Å². The molecule has 0 aromatic rings. The molecule has 0 saturated carbocycles. The van der Waals surface area contributed by atoms with E-state index in [2.05, 4.69) is 0 Å². The number of carbonyl (C=O) groups is 1. The van der Waals surface area contributed by atoms with Gasteiger partial charge in [-0.3, -0.25) is 10.0 Å². The number of nitrogens with one attached hydrogen (secondary N) is 1. The largest absolute Gasteiger partial charge is 0.289 e. The Bertz CT molecular complexity index is 97.0. The van der Waals surface area contributed by atoms with Crippen molar-refractivity contribution in [1.82, 2.24) is 5.48 Å². The minimum atomic E-state index is -0.332. The van der Waals surface area contributed by atoms with Crippen LogP contribution in [0.1, 0.15) is 13.8 Å². The van der Waals surface area contributed by atoms with E-state index in [4.69, 9.17) is 5.21 Å². The second kappa shape index (κ2) is 4.64. The van der Waals surface area contributed by atoms with E-state index in [0.717, 1.165) is 5.75 Å². The van der Waals surface area contributed by atoms with Crippen molar-refractivity contribution in [3.05, 3.63) is 0 Å². The lowest BCUT2D eigenvalue weighted by atomic mass is 10.5. The van der Waals surface area contributed by atoms with Gasteiger partial charge < -0.3 is 0 Å². The van der Waals surface area contributed by atoms with Gasteiger partial charge in [0, 0.05) is 0 Å². The molecule has 0 aliphatic carbocycles. The van der Waals surface area contributed by atoms with E-state index in [-0.39, 0.29) is 11.2 Å². The number of thioether (sulfide) groups is 1. The molecule has 0 aromatic heterocycles. The molecule has 0 bridgehead atoms. The van der Waals surface area contributed by atoms with E-state index in [1.807, 2.05) is 6.92 Å². The fourth-order valence-electron chi connectivity index (χ4n) is 0.417. The summed E-state index contributed by atoms with van der Waals surface area (Å²) >= 11 is 1.49. The van der Waals surface area contributed by atoms with Gasteiger partial charge in [0.1, 0.15) is 0 Å². The summed E-state index contributed by atoms with van der Waals surface area (Å²) in [5.74, 6) is 0.552. The maximum Gasteiger partial charge on any atom is 0.256 e. The van der Waals surface area contributed by atoms with E-state index in [1.54, 1.807) is 12.4 Å². The van der Waals surface area contributed by atoms with Gasteiger partial charge >= 0.3 is 0 Å². The highest BCUT2D eigenvalue weighted by molar-refractivity contribution is 8.00. The summed E-state index contributed by atoms with van der Waals surface area (Å²) in [5.41, 5.74) is 1.59. The normalized spacial score (nSPS) is 12.8. The first kappa shape index (κ1) is 8.78. The summed E-state index contributed by atoms with van der Waals surface area (Å²) in [7, 11) is 0. The summed E-state index contributed by atoms with van der Waals surface area (Å²) in [5, 5.41) is 7.97. The Kier molecular flexibility index (Phi) is 4.53. The van der Waals surface area contributed by atoms with Crippen molar-refractivity contribution in [2.45, 2.75) is 19.1 Å². The highest BCUT2D eigenvalue weighted by atomic mass is 32.2. The van der Waals surface area contributed by atoms with Crippen molar-refractivity contribution in [1.29, 1.82) is 0 Å². The highest BCUT2D eigenvalue weighted by Gasteiger charge is 2.09. The Balaban J connectivity index is 3.45. The van der Waals surface area contributed by atoms with Crippen molar-refractivity contribution >= 4 is 17.7 Å². The number of rotatable bonds is 3. The summed E-state index contributed by atoms with van der Waals surface area (Å²) < 4.78 is 0. The van der Waals surface area contributed by atoms with Crippen LogP contribution in [0.3, 0.4) is 0 Å². The minimum Gasteiger partial charge on any atom is -0.289 e. The van der Waals surface area contributed by atoms with Crippen LogP contribution in [0.5, 0.6) is 0 Å². The van der Waals surface area contributed by atoms with Crippen LogP contribution in [0.2, 0.25) is 0 Å². The molecular formula is C5H11NO2S. The molecule has 1 unspecified atom stereocenters. The monoisotopic (exact) mass is 149 g/mol. The fourth-order valence-corrected chi connectivity index (χ4v) is 1.12. The average molecular weight is 149 g/mol. The Morgan fingerprint density at radius 2 is 2.44 bits per heavy atom. The minimum absolute atomic E-state index is 0.153. The molecule has 0 saturated heterocycles. The van der Waals surface area contributed by atoms with Crippen LogP contribution in [0, 0.1) is 0 Å². The van der Waals surface area contributed by atoms with Crippen molar-refractivity contribution in [3.8, 4) is 0 Å². The first-order valence-electron chi connectivity index (χ1n) is 2.78. The lowest BCUT2D eigenvalue weighted by molar-refractivity contribution is -0.128. The molecular weight excluding hydrogens is 138 g/mol. The lowest BCUT2D eigenvalue weighted by Gasteiger charge is -2.04. The van der Waals surface area contributed by atoms with Gasteiger partial charge in [-0.1, -0.05) is 6.92 Å². The van der Waals surface area contributed by atoms with Crippen LogP contribution < -0.4 is 5.48 Å². The van der Waals surface area contributed by atoms with Crippen LogP contribution in [0.15, 0.2) is 0 Å². The molecule has 0 rings (SSSR count). The summed E-state index contributed by atoms with van der Waals surface area (Å²) in [6.07, 6.45) is 0. The van der Waals surface area contributed by atoms with Gasteiger partial charge in [-0.25, -0.2) is 5.48 Å². The Morgan fingerprint density at radius 1 is 1.89 bits per heavy atom. The van der Waals surface area contributed by atoms with Gasteiger partial charge in [-0.15, -0.1) is 11.8 Å². The molecule has 0 heterocycles. The van der Waals surface area contributed by atoms with Gasteiger partial charge in [-0.2, -0.15) is 0 Å². The predicted molar refractivity (Wildman–Crippen MR) is 37.5 cm³/mol. The Morgan fingerprint density at radius 3 is 2.78 bits per heavy atom. The number of amides is 1. The Labute approximate surface area is 58.8 Å². The zero-order valence-electron chi connectivity index (χ0n) is 5.55. The third-order valence-corrected chi connectivity index (χ3v) is 1.94. The molecule has 0 aromatic carbocycles. The van der Waals surface area contributed by atoms with E-state index in [1.165, 1.54) is 11.8 Å². The standard InChI is InChI=1S/C5H11NO2S/c1-3-9-4(2)5(7)6-8/h4,8H,3H2,1-2H3,(H,6,7). The highest BCUT2D eigenvalue weighted by Crippen LogP contribution is 2.08. The molecule has 1 atom stereocenters. The van der Waals surface area contributed by atoms with E-state index >= 15 is 0 Å². The van der Waals surface area contributed by atoms with Crippen molar-refractivity contribution in [2.75, 3.05) is 5.75 Å². The average Bonchev–Trinajstić information content (AvgIpc) is 1.87. The first-order valence-corrected chi connectivity index (χ1v) is 3.82.